The Morgan fingerprint density at radius 2 is 2.09 bits per heavy atom. The molecule has 2 saturated heterocycles. The first kappa shape index (κ1) is 14.7. The first-order chi connectivity index (χ1) is 11.1. The Hall–Kier alpha value is -1.87. The molecule has 4 heterocycles. The summed E-state index contributed by atoms with van der Waals surface area (Å²) >= 11 is 3.51. The minimum absolute atomic E-state index is 0.149. The molecule has 0 saturated carbocycles. The molecule has 0 bridgehead atoms. The predicted octanol–water partition coefficient (Wildman–Crippen LogP) is 1.41. The van der Waals surface area contributed by atoms with Crippen LogP contribution in [-0.2, 0) is 4.74 Å². The van der Waals surface area contributed by atoms with Crippen molar-refractivity contribution >= 4 is 33.5 Å². The summed E-state index contributed by atoms with van der Waals surface area (Å²) in [5, 5.41) is 8.96. The lowest BCUT2D eigenvalue weighted by molar-refractivity contribution is 0.104. The number of morpholine rings is 1. The Bertz CT molecular complexity index is 752. The largest absolute Gasteiger partial charge is 0.465 e. The summed E-state index contributed by atoms with van der Waals surface area (Å²) in [6.07, 6.45) is 2.87. The highest BCUT2D eigenvalue weighted by atomic mass is 79.9. The predicted molar refractivity (Wildman–Crippen MR) is 86.1 cm³/mol. The van der Waals surface area contributed by atoms with Gasteiger partial charge in [-0.2, -0.15) is 0 Å². The fourth-order valence-electron chi connectivity index (χ4n) is 2.97. The Morgan fingerprint density at radius 1 is 1.35 bits per heavy atom. The number of anilines is 1. The number of hydrogen-bond acceptors (Lipinski definition) is 5. The van der Waals surface area contributed by atoms with Crippen molar-refractivity contribution in [3.63, 3.8) is 0 Å². The van der Waals surface area contributed by atoms with Crippen LogP contribution in [0.5, 0.6) is 0 Å². The number of fused-ring (bicyclic) bond motifs is 1. The lowest BCUT2D eigenvalue weighted by Crippen LogP contribution is -2.47. The molecule has 2 aliphatic rings. The Morgan fingerprint density at radius 3 is 2.78 bits per heavy atom. The second-order valence-corrected chi connectivity index (χ2v) is 6.56. The number of aromatic nitrogens is 3. The van der Waals surface area contributed by atoms with Crippen molar-refractivity contribution in [3.8, 4) is 0 Å². The average Bonchev–Trinajstić information content (AvgIpc) is 2.92. The van der Waals surface area contributed by atoms with Crippen molar-refractivity contribution in [2.45, 2.75) is 5.92 Å². The van der Waals surface area contributed by atoms with Crippen LogP contribution in [0, 0.1) is 0 Å². The van der Waals surface area contributed by atoms with Crippen molar-refractivity contribution in [1.82, 2.24) is 19.3 Å². The van der Waals surface area contributed by atoms with Gasteiger partial charge in [0.15, 0.2) is 11.5 Å². The Labute approximate surface area is 140 Å². The number of rotatable bonds is 2. The van der Waals surface area contributed by atoms with Crippen LogP contribution in [0.15, 0.2) is 17.0 Å². The average molecular weight is 382 g/mol. The molecule has 1 amide bonds. The zero-order valence-corrected chi connectivity index (χ0v) is 13.9. The number of carboxylic acid groups (broad SMARTS) is 1. The molecule has 9 heteroatoms. The van der Waals surface area contributed by atoms with E-state index in [2.05, 4.69) is 25.8 Å². The lowest BCUT2D eigenvalue weighted by atomic mass is 9.98. The fraction of sp³-hybridized carbons (Fsp3) is 0.500. The highest BCUT2D eigenvalue weighted by Gasteiger charge is 2.33. The van der Waals surface area contributed by atoms with Gasteiger partial charge in [-0.1, -0.05) is 0 Å². The summed E-state index contributed by atoms with van der Waals surface area (Å²) in [7, 11) is 0. The van der Waals surface area contributed by atoms with E-state index in [9.17, 15) is 4.79 Å². The van der Waals surface area contributed by atoms with Gasteiger partial charge in [0.1, 0.15) is 4.60 Å². The van der Waals surface area contributed by atoms with Crippen LogP contribution in [-0.4, -0.2) is 69.9 Å². The molecule has 122 valence electrons. The summed E-state index contributed by atoms with van der Waals surface area (Å²) in [6, 6.07) is 0. The van der Waals surface area contributed by atoms with E-state index in [1.807, 2.05) is 10.6 Å². The number of amides is 1. The zero-order valence-electron chi connectivity index (χ0n) is 12.4. The second kappa shape index (κ2) is 5.64. The number of hydrogen-bond donors (Lipinski definition) is 1. The number of nitrogens with zero attached hydrogens (tertiary/aromatic N) is 5. The van der Waals surface area contributed by atoms with Crippen LogP contribution in [0.3, 0.4) is 0 Å². The maximum atomic E-state index is 10.9. The van der Waals surface area contributed by atoms with Gasteiger partial charge in [0.25, 0.3) is 0 Å². The standard InChI is InChI=1S/C14H16BrN5O3/c15-11-5-16-12(18-1-3-23-4-2-18)13-17-10(8-20(11)13)9-6-19(7-9)14(21)22/h5,8-9H,1-4,6-7H2,(H,21,22). The van der Waals surface area contributed by atoms with Crippen LogP contribution in [0.1, 0.15) is 11.6 Å². The smallest absolute Gasteiger partial charge is 0.407 e. The van der Waals surface area contributed by atoms with Gasteiger partial charge in [0.2, 0.25) is 0 Å². The van der Waals surface area contributed by atoms with E-state index in [1.165, 1.54) is 4.90 Å². The van der Waals surface area contributed by atoms with Gasteiger partial charge in [-0.25, -0.2) is 14.8 Å². The Balaban J connectivity index is 1.67. The van der Waals surface area contributed by atoms with E-state index in [0.29, 0.717) is 26.3 Å². The summed E-state index contributed by atoms with van der Waals surface area (Å²) in [5.41, 5.74) is 1.70. The van der Waals surface area contributed by atoms with Gasteiger partial charge in [0, 0.05) is 38.3 Å². The normalized spacial score (nSPS) is 19.2. The van der Waals surface area contributed by atoms with Crippen LogP contribution >= 0.6 is 15.9 Å². The summed E-state index contributed by atoms with van der Waals surface area (Å²) < 4.78 is 8.19. The number of carbonyl (C=O) groups is 1. The van der Waals surface area contributed by atoms with Crippen molar-refractivity contribution in [2.75, 3.05) is 44.3 Å². The summed E-state index contributed by atoms with van der Waals surface area (Å²) in [5.74, 6) is 0.993. The van der Waals surface area contributed by atoms with Crippen molar-refractivity contribution in [1.29, 1.82) is 0 Å². The number of ether oxygens (including phenoxy) is 1. The molecule has 0 atom stereocenters. The van der Waals surface area contributed by atoms with E-state index in [1.54, 1.807) is 6.20 Å². The van der Waals surface area contributed by atoms with Crippen molar-refractivity contribution < 1.29 is 14.6 Å². The maximum absolute atomic E-state index is 10.9. The molecule has 0 spiro atoms. The molecule has 0 unspecified atom stereocenters. The summed E-state index contributed by atoms with van der Waals surface area (Å²) in [4.78, 5) is 23.7. The number of likely N-dealkylation sites (tertiary alicyclic amines) is 1. The molecule has 2 fully saturated rings. The molecule has 0 aromatic carbocycles. The second-order valence-electron chi connectivity index (χ2n) is 5.75. The van der Waals surface area contributed by atoms with Gasteiger partial charge in [-0.15, -0.1) is 0 Å². The zero-order chi connectivity index (χ0) is 16.0. The van der Waals surface area contributed by atoms with Crippen LogP contribution < -0.4 is 4.90 Å². The molecule has 4 rings (SSSR count). The van der Waals surface area contributed by atoms with Crippen LogP contribution in [0.25, 0.3) is 5.65 Å². The van der Waals surface area contributed by atoms with Crippen molar-refractivity contribution in [2.24, 2.45) is 0 Å². The lowest BCUT2D eigenvalue weighted by Gasteiger charge is -2.35. The molecular weight excluding hydrogens is 366 g/mol. The third-order valence-corrected chi connectivity index (χ3v) is 4.92. The van der Waals surface area contributed by atoms with Gasteiger partial charge in [0.05, 0.1) is 25.1 Å². The third kappa shape index (κ3) is 2.53. The van der Waals surface area contributed by atoms with E-state index in [-0.39, 0.29) is 5.92 Å². The molecule has 1 N–H and O–H groups in total. The third-order valence-electron chi connectivity index (χ3n) is 4.33. The molecule has 0 radical (unpaired) electrons. The topological polar surface area (TPSA) is 83.2 Å². The molecule has 2 aliphatic heterocycles. The minimum Gasteiger partial charge on any atom is -0.465 e. The van der Waals surface area contributed by atoms with E-state index in [4.69, 9.17) is 14.8 Å². The fourth-order valence-corrected chi connectivity index (χ4v) is 3.34. The Kier molecular flexibility index (Phi) is 3.61. The quantitative estimate of drug-likeness (QED) is 0.846. The molecule has 23 heavy (non-hydrogen) atoms. The molecule has 2 aromatic heterocycles. The van der Waals surface area contributed by atoms with Crippen LogP contribution in [0.4, 0.5) is 10.6 Å². The minimum atomic E-state index is -0.873. The monoisotopic (exact) mass is 381 g/mol. The molecular formula is C14H16BrN5O3. The number of halogens is 1. The van der Waals surface area contributed by atoms with Crippen molar-refractivity contribution in [3.05, 3.63) is 22.7 Å². The van der Waals surface area contributed by atoms with E-state index < -0.39 is 6.09 Å². The highest BCUT2D eigenvalue weighted by molar-refractivity contribution is 9.10. The van der Waals surface area contributed by atoms with Crippen LogP contribution in [0.2, 0.25) is 0 Å². The first-order valence-corrected chi connectivity index (χ1v) is 8.27. The molecule has 8 nitrogen and oxygen atoms in total. The van der Waals surface area contributed by atoms with Gasteiger partial charge in [-0.3, -0.25) is 4.40 Å². The van der Waals surface area contributed by atoms with E-state index >= 15 is 0 Å². The SMILES string of the molecule is O=C(O)N1CC(c2cn3c(Br)cnc(N4CCOCC4)c3n2)C1. The van der Waals surface area contributed by atoms with E-state index in [0.717, 1.165) is 34.9 Å². The first-order valence-electron chi connectivity index (χ1n) is 7.47. The summed E-state index contributed by atoms with van der Waals surface area (Å²) in [6.45, 7) is 3.96. The van der Waals surface area contributed by atoms with Gasteiger partial charge >= 0.3 is 6.09 Å². The molecule has 2 aromatic rings. The number of imidazole rings is 1. The maximum Gasteiger partial charge on any atom is 0.407 e. The van der Waals surface area contributed by atoms with Gasteiger partial charge < -0.3 is 19.6 Å². The highest BCUT2D eigenvalue weighted by Crippen LogP contribution is 2.30. The van der Waals surface area contributed by atoms with Gasteiger partial charge in [-0.05, 0) is 15.9 Å². The molecule has 0 aliphatic carbocycles.